The first-order valence-electron chi connectivity index (χ1n) is 8.26. The van der Waals surface area contributed by atoms with Crippen molar-refractivity contribution in [3.63, 3.8) is 0 Å². The van der Waals surface area contributed by atoms with Gasteiger partial charge in [-0.1, -0.05) is 6.07 Å². The number of hydrogen-bond acceptors (Lipinski definition) is 4. The molecule has 1 N–H and O–H groups in total. The summed E-state index contributed by atoms with van der Waals surface area (Å²) >= 11 is 0. The minimum atomic E-state index is -0.452. The van der Waals surface area contributed by atoms with Gasteiger partial charge in [0.2, 0.25) is 0 Å². The van der Waals surface area contributed by atoms with Crippen LogP contribution >= 0.6 is 0 Å². The first-order chi connectivity index (χ1) is 10.6. The van der Waals surface area contributed by atoms with Crippen LogP contribution in [0.2, 0.25) is 0 Å². The number of ether oxygens (including phenoxy) is 2. The molecule has 4 nitrogen and oxygen atoms in total. The lowest BCUT2D eigenvalue weighted by Crippen LogP contribution is -2.34. The zero-order chi connectivity index (χ0) is 15.9. The molecule has 1 aromatic carbocycles. The molecule has 0 aliphatic carbocycles. The lowest BCUT2D eigenvalue weighted by molar-refractivity contribution is 0.0701. The van der Waals surface area contributed by atoms with Gasteiger partial charge in [-0.2, -0.15) is 0 Å². The average Bonchev–Trinajstić information content (AvgIpc) is 2.89. The van der Waals surface area contributed by atoms with Crippen molar-refractivity contribution in [1.29, 1.82) is 0 Å². The smallest absolute Gasteiger partial charge is 0.119 e. The largest absolute Gasteiger partial charge is 0.491 e. The van der Waals surface area contributed by atoms with Gasteiger partial charge in [-0.3, -0.25) is 0 Å². The van der Waals surface area contributed by atoms with Gasteiger partial charge in [0.1, 0.15) is 18.5 Å². The Hall–Kier alpha value is -1.10. The first kappa shape index (κ1) is 17.3. The lowest BCUT2D eigenvalue weighted by atomic mass is 10.1. The summed E-state index contributed by atoms with van der Waals surface area (Å²) in [4.78, 5) is 2.30. The molecule has 2 atom stereocenters. The summed E-state index contributed by atoms with van der Waals surface area (Å²) in [5.74, 6) is 1.44. The molecule has 22 heavy (non-hydrogen) atoms. The molecule has 4 heteroatoms. The fourth-order valence-corrected chi connectivity index (χ4v) is 3.06. The number of likely N-dealkylation sites (tertiary alicyclic amines) is 1. The van der Waals surface area contributed by atoms with Crippen molar-refractivity contribution < 1.29 is 14.6 Å². The third-order valence-electron chi connectivity index (χ3n) is 4.03. The van der Waals surface area contributed by atoms with E-state index in [9.17, 15) is 5.11 Å². The van der Waals surface area contributed by atoms with Crippen LogP contribution in [0.15, 0.2) is 18.2 Å². The molecule has 1 aliphatic heterocycles. The Kier molecular flexibility index (Phi) is 6.68. The molecule has 124 valence electrons. The first-order valence-corrected chi connectivity index (χ1v) is 8.26. The van der Waals surface area contributed by atoms with E-state index in [4.69, 9.17) is 9.47 Å². The molecular weight excluding hydrogens is 278 g/mol. The summed E-state index contributed by atoms with van der Waals surface area (Å²) in [7, 11) is 0. The molecule has 0 radical (unpaired) electrons. The van der Waals surface area contributed by atoms with Gasteiger partial charge in [0.15, 0.2) is 0 Å². The van der Waals surface area contributed by atoms with Crippen LogP contribution in [0.5, 0.6) is 5.75 Å². The zero-order valence-electron chi connectivity index (χ0n) is 14.0. The average molecular weight is 307 g/mol. The van der Waals surface area contributed by atoms with Crippen LogP contribution in [0.1, 0.15) is 24.5 Å². The maximum absolute atomic E-state index is 10.2. The Morgan fingerprint density at radius 1 is 1.27 bits per heavy atom. The van der Waals surface area contributed by atoms with E-state index in [2.05, 4.69) is 24.8 Å². The van der Waals surface area contributed by atoms with E-state index in [0.717, 1.165) is 38.5 Å². The van der Waals surface area contributed by atoms with E-state index in [-0.39, 0.29) is 0 Å². The van der Waals surface area contributed by atoms with Crippen molar-refractivity contribution >= 4 is 0 Å². The highest BCUT2D eigenvalue weighted by Crippen LogP contribution is 2.18. The Balaban J connectivity index is 1.71. The van der Waals surface area contributed by atoms with Gasteiger partial charge in [-0.05, 0) is 62.9 Å². The molecule has 1 heterocycles. The normalized spacial score (nSPS) is 20.3. The monoisotopic (exact) mass is 307 g/mol. The molecule has 1 aliphatic rings. The zero-order valence-corrected chi connectivity index (χ0v) is 14.0. The van der Waals surface area contributed by atoms with Crippen LogP contribution in [-0.2, 0) is 4.74 Å². The predicted molar refractivity (Wildman–Crippen MR) is 88.5 cm³/mol. The van der Waals surface area contributed by atoms with Crippen LogP contribution in [0.4, 0.5) is 0 Å². The molecule has 2 rings (SSSR count). The summed E-state index contributed by atoms with van der Waals surface area (Å²) in [5, 5.41) is 10.2. The van der Waals surface area contributed by atoms with E-state index < -0.39 is 6.10 Å². The summed E-state index contributed by atoms with van der Waals surface area (Å²) in [5.41, 5.74) is 2.37. The van der Waals surface area contributed by atoms with E-state index in [1.54, 1.807) is 0 Å². The number of aryl methyl sites for hydroxylation is 2. The van der Waals surface area contributed by atoms with E-state index >= 15 is 0 Å². The number of rotatable bonds is 8. The Morgan fingerprint density at radius 2 is 2.00 bits per heavy atom. The fourth-order valence-electron chi connectivity index (χ4n) is 3.06. The number of β-amino-alcohol motifs (C(OH)–C–C–N with tert-alkyl or cyclic N) is 1. The molecule has 1 fully saturated rings. The molecule has 0 amide bonds. The van der Waals surface area contributed by atoms with Crippen LogP contribution in [0.25, 0.3) is 0 Å². The highest BCUT2D eigenvalue weighted by molar-refractivity contribution is 5.32. The van der Waals surface area contributed by atoms with Crippen molar-refractivity contribution in [1.82, 2.24) is 4.90 Å². The SMILES string of the molecule is CCOCC1CCN(CC(O)COc2cc(C)cc(C)c2)C1. The number of benzene rings is 1. The summed E-state index contributed by atoms with van der Waals surface area (Å²) in [6.07, 6.45) is 0.705. The molecule has 0 spiro atoms. The van der Waals surface area contributed by atoms with Crippen molar-refractivity contribution in [2.45, 2.75) is 33.3 Å². The molecule has 1 saturated heterocycles. The standard InChI is InChI=1S/C18H29NO3/c1-4-21-12-16-5-6-19(10-16)11-17(20)13-22-18-8-14(2)7-15(3)9-18/h7-9,16-17,20H,4-6,10-13H2,1-3H3. The van der Waals surface area contributed by atoms with E-state index in [1.807, 2.05) is 19.1 Å². The van der Waals surface area contributed by atoms with Gasteiger partial charge in [0.25, 0.3) is 0 Å². The number of hydrogen-bond donors (Lipinski definition) is 1. The number of aliphatic hydroxyl groups excluding tert-OH is 1. The third kappa shape index (κ3) is 5.59. The maximum Gasteiger partial charge on any atom is 0.119 e. The Morgan fingerprint density at radius 3 is 2.68 bits per heavy atom. The third-order valence-corrected chi connectivity index (χ3v) is 4.03. The Bertz CT molecular complexity index is 443. The topological polar surface area (TPSA) is 41.9 Å². The van der Waals surface area contributed by atoms with Crippen LogP contribution < -0.4 is 4.74 Å². The van der Waals surface area contributed by atoms with Gasteiger partial charge in [0.05, 0.1) is 6.61 Å². The summed E-state index contributed by atoms with van der Waals surface area (Å²) < 4.78 is 11.2. The van der Waals surface area contributed by atoms with Gasteiger partial charge in [-0.25, -0.2) is 0 Å². The molecule has 1 aromatic rings. The molecular formula is C18H29NO3. The van der Waals surface area contributed by atoms with Crippen LogP contribution in [0.3, 0.4) is 0 Å². The minimum absolute atomic E-state index is 0.343. The van der Waals surface area contributed by atoms with Gasteiger partial charge in [-0.15, -0.1) is 0 Å². The molecule has 0 aromatic heterocycles. The second kappa shape index (κ2) is 8.51. The molecule has 0 bridgehead atoms. The minimum Gasteiger partial charge on any atom is -0.491 e. The van der Waals surface area contributed by atoms with Gasteiger partial charge >= 0.3 is 0 Å². The highest BCUT2D eigenvalue weighted by Gasteiger charge is 2.24. The van der Waals surface area contributed by atoms with Crippen molar-refractivity contribution in [3.8, 4) is 5.75 Å². The van der Waals surface area contributed by atoms with Gasteiger partial charge in [0, 0.05) is 19.7 Å². The lowest BCUT2D eigenvalue weighted by Gasteiger charge is -2.20. The van der Waals surface area contributed by atoms with Crippen molar-refractivity contribution in [2.75, 3.05) is 39.5 Å². The fraction of sp³-hybridized carbons (Fsp3) is 0.667. The number of aliphatic hydroxyl groups is 1. The Labute approximate surface area is 134 Å². The quantitative estimate of drug-likeness (QED) is 0.801. The second-order valence-electron chi connectivity index (χ2n) is 6.36. The van der Waals surface area contributed by atoms with Crippen molar-refractivity contribution in [3.05, 3.63) is 29.3 Å². The molecule has 2 unspecified atom stereocenters. The van der Waals surface area contributed by atoms with E-state index in [1.165, 1.54) is 11.1 Å². The highest BCUT2D eigenvalue weighted by atomic mass is 16.5. The summed E-state index contributed by atoms with van der Waals surface area (Å²) in [6.45, 7) is 10.8. The van der Waals surface area contributed by atoms with Crippen LogP contribution in [0, 0.1) is 19.8 Å². The van der Waals surface area contributed by atoms with Gasteiger partial charge < -0.3 is 19.5 Å². The maximum atomic E-state index is 10.2. The van der Waals surface area contributed by atoms with E-state index in [0.29, 0.717) is 19.1 Å². The number of nitrogens with zero attached hydrogens (tertiary/aromatic N) is 1. The second-order valence-corrected chi connectivity index (χ2v) is 6.36. The predicted octanol–water partition coefficient (Wildman–Crippen LogP) is 2.40. The summed E-state index contributed by atoms with van der Waals surface area (Å²) in [6, 6.07) is 6.13. The molecule has 0 saturated carbocycles. The van der Waals surface area contributed by atoms with Crippen molar-refractivity contribution in [2.24, 2.45) is 5.92 Å². The van der Waals surface area contributed by atoms with Crippen LogP contribution in [-0.4, -0.2) is 55.6 Å².